The number of thiocarbonyl (C=S) groups is 1. The highest BCUT2D eigenvalue weighted by molar-refractivity contribution is 8.24. The van der Waals surface area contributed by atoms with Crippen molar-refractivity contribution in [3.63, 3.8) is 0 Å². The van der Waals surface area contributed by atoms with Crippen LogP contribution in [-0.4, -0.2) is 35.5 Å². The van der Waals surface area contributed by atoms with Crippen molar-refractivity contribution in [3.05, 3.63) is 29.8 Å². The average molecular weight is 342 g/mol. The SMILES string of the molecule is CC(C)(C)c1ccc(N2C(=S)S[C@H]3CS(=O)(=O)C[C@H]32)cc1. The second-order valence-electron chi connectivity index (χ2n) is 6.73. The summed E-state index contributed by atoms with van der Waals surface area (Å²) in [4.78, 5) is 2.03. The Morgan fingerprint density at radius 3 is 2.38 bits per heavy atom. The lowest BCUT2D eigenvalue weighted by Crippen LogP contribution is -2.36. The summed E-state index contributed by atoms with van der Waals surface area (Å²) in [6.45, 7) is 6.54. The van der Waals surface area contributed by atoms with E-state index in [1.54, 1.807) is 0 Å². The monoisotopic (exact) mass is 341 g/mol. The molecular weight excluding hydrogens is 322 g/mol. The normalized spacial score (nSPS) is 28.0. The van der Waals surface area contributed by atoms with Gasteiger partial charge in [-0.2, -0.15) is 0 Å². The minimum Gasteiger partial charge on any atom is -0.322 e. The van der Waals surface area contributed by atoms with Crippen LogP contribution in [-0.2, 0) is 15.3 Å². The van der Waals surface area contributed by atoms with Gasteiger partial charge in [0, 0.05) is 10.9 Å². The largest absolute Gasteiger partial charge is 0.322 e. The number of sulfone groups is 1. The van der Waals surface area contributed by atoms with Gasteiger partial charge in [-0.05, 0) is 23.1 Å². The predicted octanol–water partition coefficient (Wildman–Crippen LogP) is 2.99. The van der Waals surface area contributed by atoms with Gasteiger partial charge in [-0.25, -0.2) is 8.42 Å². The van der Waals surface area contributed by atoms with Gasteiger partial charge in [0.15, 0.2) is 9.84 Å². The summed E-state index contributed by atoms with van der Waals surface area (Å²) in [5, 5.41) is 0.0878. The quantitative estimate of drug-likeness (QED) is 0.734. The van der Waals surface area contributed by atoms with Gasteiger partial charge in [0.05, 0.1) is 17.5 Å². The molecule has 2 aliphatic rings. The number of fused-ring (bicyclic) bond motifs is 1. The van der Waals surface area contributed by atoms with Crippen LogP contribution in [0.5, 0.6) is 0 Å². The number of rotatable bonds is 1. The Labute approximate surface area is 136 Å². The van der Waals surface area contributed by atoms with E-state index in [2.05, 4.69) is 45.0 Å². The molecule has 0 unspecified atom stereocenters. The van der Waals surface area contributed by atoms with E-state index < -0.39 is 9.84 Å². The summed E-state index contributed by atoms with van der Waals surface area (Å²) in [7, 11) is -2.92. The summed E-state index contributed by atoms with van der Waals surface area (Å²) < 4.78 is 24.5. The molecule has 0 spiro atoms. The number of thioether (sulfide) groups is 1. The molecule has 1 aromatic rings. The van der Waals surface area contributed by atoms with Crippen molar-refractivity contribution in [3.8, 4) is 0 Å². The molecule has 0 aliphatic carbocycles. The molecule has 2 heterocycles. The lowest BCUT2D eigenvalue weighted by molar-refractivity contribution is 0.590. The highest BCUT2D eigenvalue weighted by Gasteiger charge is 2.48. The van der Waals surface area contributed by atoms with Crippen LogP contribution in [0.2, 0.25) is 0 Å². The van der Waals surface area contributed by atoms with Gasteiger partial charge in [0.25, 0.3) is 0 Å². The van der Waals surface area contributed by atoms with Crippen LogP contribution in [0.1, 0.15) is 26.3 Å². The van der Waals surface area contributed by atoms with Gasteiger partial charge < -0.3 is 4.90 Å². The number of anilines is 1. The molecule has 6 heteroatoms. The molecule has 1 aromatic carbocycles. The van der Waals surface area contributed by atoms with Crippen LogP contribution in [0.3, 0.4) is 0 Å². The summed E-state index contributed by atoms with van der Waals surface area (Å²) in [5.74, 6) is 0.463. The number of nitrogens with zero attached hydrogens (tertiary/aromatic N) is 1. The number of hydrogen-bond donors (Lipinski definition) is 0. The molecule has 114 valence electrons. The molecule has 0 bridgehead atoms. The van der Waals surface area contributed by atoms with E-state index in [0.29, 0.717) is 0 Å². The molecule has 2 atom stereocenters. The van der Waals surface area contributed by atoms with Crippen molar-refractivity contribution in [2.24, 2.45) is 0 Å². The zero-order chi connectivity index (χ0) is 15.4. The minimum atomic E-state index is -2.92. The molecule has 0 N–H and O–H groups in total. The first-order valence-electron chi connectivity index (χ1n) is 6.98. The number of hydrogen-bond acceptors (Lipinski definition) is 4. The fourth-order valence-electron chi connectivity index (χ4n) is 2.89. The van der Waals surface area contributed by atoms with Crippen LogP contribution in [0.4, 0.5) is 5.69 Å². The number of benzene rings is 1. The Morgan fingerprint density at radius 1 is 1.19 bits per heavy atom. The van der Waals surface area contributed by atoms with Crippen molar-refractivity contribution < 1.29 is 8.42 Å². The Morgan fingerprint density at radius 2 is 1.81 bits per heavy atom. The van der Waals surface area contributed by atoms with Crippen LogP contribution >= 0.6 is 24.0 Å². The minimum absolute atomic E-state index is 0.00649. The summed E-state index contributed by atoms with van der Waals surface area (Å²) >= 11 is 6.98. The molecule has 21 heavy (non-hydrogen) atoms. The highest BCUT2D eigenvalue weighted by atomic mass is 32.2. The maximum atomic E-state index is 11.8. The smallest absolute Gasteiger partial charge is 0.153 e. The fourth-order valence-corrected chi connectivity index (χ4v) is 7.27. The van der Waals surface area contributed by atoms with Gasteiger partial charge in [-0.15, -0.1) is 0 Å². The lowest BCUT2D eigenvalue weighted by atomic mass is 9.87. The predicted molar refractivity (Wildman–Crippen MR) is 94.0 cm³/mol. The Bertz CT molecular complexity index is 674. The van der Waals surface area contributed by atoms with Crippen LogP contribution in [0.15, 0.2) is 24.3 Å². The molecule has 0 radical (unpaired) electrons. The Kier molecular flexibility index (Phi) is 3.62. The van der Waals surface area contributed by atoms with Crippen molar-refractivity contribution >= 4 is 43.8 Å². The molecule has 3 nitrogen and oxygen atoms in total. The Balaban J connectivity index is 1.91. The summed E-state index contributed by atoms with van der Waals surface area (Å²) in [6, 6.07) is 8.33. The highest BCUT2D eigenvalue weighted by Crippen LogP contribution is 2.41. The molecular formula is C15H19NO2S3. The maximum Gasteiger partial charge on any atom is 0.153 e. The van der Waals surface area contributed by atoms with Crippen LogP contribution in [0.25, 0.3) is 0 Å². The zero-order valence-electron chi connectivity index (χ0n) is 12.4. The lowest BCUT2D eigenvalue weighted by Gasteiger charge is -2.25. The Hall–Kier alpha value is -0.590. The van der Waals surface area contributed by atoms with E-state index >= 15 is 0 Å². The van der Waals surface area contributed by atoms with Crippen molar-refractivity contribution in [2.45, 2.75) is 37.5 Å². The van der Waals surface area contributed by atoms with Gasteiger partial charge in [0.1, 0.15) is 4.32 Å². The molecule has 2 fully saturated rings. The van der Waals surface area contributed by atoms with Gasteiger partial charge >= 0.3 is 0 Å². The topological polar surface area (TPSA) is 37.4 Å². The molecule has 0 aromatic heterocycles. The van der Waals surface area contributed by atoms with Crippen molar-refractivity contribution in [2.75, 3.05) is 16.4 Å². The van der Waals surface area contributed by atoms with Crippen molar-refractivity contribution in [1.29, 1.82) is 0 Å². The van der Waals surface area contributed by atoms with E-state index in [1.807, 2.05) is 4.90 Å². The third-order valence-corrected chi connectivity index (χ3v) is 7.66. The second kappa shape index (κ2) is 4.96. The summed E-state index contributed by atoms with van der Waals surface area (Å²) in [5.41, 5.74) is 2.38. The fraction of sp³-hybridized carbons (Fsp3) is 0.533. The first-order valence-corrected chi connectivity index (χ1v) is 10.1. The molecule has 3 rings (SSSR count). The first-order chi connectivity index (χ1) is 9.67. The maximum absolute atomic E-state index is 11.8. The van der Waals surface area contributed by atoms with Gasteiger partial charge in [-0.3, -0.25) is 0 Å². The second-order valence-corrected chi connectivity index (χ2v) is 10.8. The van der Waals surface area contributed by atoms with Crippen molar-refractivity contribution in [1.82, 2.24) is 0 Å². The van der Waals surface area contributed by atoms with Gasteiger partial charge in [-0.1, -0.05) is 56.9 Å². The zero-order valence-corrected chi connectivity index (χ0v) is 14.8. The standard InChI is InChI=1S/C15H19NO2S3/c1-15(2,3)10-4-6-11(7-5-10)16-12-8-21(17,18)9-13(12)20-14(16)19/h4-7,12-13H,8-9H2,1-3H3/t12-,13+/m1/s1. The molecule has 0 amide bonds. The molecule has 2 saturated heterocycles. The van der Waals surface area contributed by atoms with E-state index in [0.717, 1.165) is 10.0 Å². The first kappa shape index (κ1) is 15.3. The van der Waals surface area contributed by atoms with Crippen LogP contribution in [0, 0.1) is 0 Å². The summed E-state index contributed by atoms with van der Waals surface area (Å²) in [6.07, 6.45) is 0. The molecule has 0 saturated carbocycles. The molecule has 2 aliphatic heterocycles. The third kappa shape index (κ3) is 2.85. The van der Waals surface area contributed by atoms with Gasteiger partial charge in [0.2, 0.25) is 0 Å². The van der Waals surface area contributed by atoms with E-state index in [4.69, 9.17) is 12.2 Å². The van der Waals surface area contributed by atoms with E-state index in [1.165, 1.54) is 17.3 Å². The average Bonchev–Trinajstić information content (AvgIpc) is 2.78. The van der Waals surface area contributed by atoms with E-state index in [9.17, 15) is 8.42 Å². The third-order valence-electron chi connectivity index (χ3n) is 4.06. The van der Waals surface area contributed by atoms with E-state index in [-0.39, 0.29) is 28.2 Å². The van der Waals surface area contributed by atoms with Crippen LogP contribution < -0.4 is 4.90 Å².